The second kappa shape index (κ2) is 8.93. The minimum atomic E-state index is -0.280. The molecule has 1 aliphatic rings. The number of rotatable bonds is 5. The topological polar surface area (TPSA) is 71.5 Å². The summed E-state index contributed by atoms with van der Waals surface area (Å²) in [4.78, 5) is 31.8. The predicted octanol–water partition coefficient (Wildman–Crippen LogP) is 4.08. The van der Waals surface area contributed by atoms with Gasteiger partial charge in [0.05, 0.1) is 30.3 Å². The van der Waals surface area contributed by atoms with Gasteiger partial charge in [0.25, 0.3) is 5.91 Å². The van der Waals surface area contributed by atoms with Gasteiger partial charge in [-0.1, -0.05) is 20.8 Å². The van der Waals surface area contributed by atoms with Crippen LogP contribution in [0.15, 0.2) is 30.5 Å². The molecule has 2 aromatic rings. The van der Waals surface area contributed by atoms with Crippen LogP contribution in [0.3, 0.4) is 0 Å². The molecule has 0 fully saturated rings. The molecule has 0 unspecified atom stereocenters. The number of Topliss-reactive ketones (excluding diaryl/α,β-unsaturated/α-hetero) is 1. The van der Waals surface area contributed by atoms with Crippen LogP contribution in [0.2, 0.25) is 0 Å². The molecular formula is C22H28ClN3O3. The predicted molar refractivity (Wildman–Crippen MR) is 116 cm³/mol. The zero-order valence-corrected chi connectivity index (χ0v) is 18.4. The van der Waals surface area contributed by atoms with E-state index in [4.69, 9.17) is 4.74 Å². The average Bonchev–Trinajstić information content (AvgIpc) is 2.65. The number of anilines is 1. The third-order valence-corrected chi connectivity index (χ3v) is 5.05. The molecule has 29 heavy (non-hydrogen) atoms. The molecule has 0 radical (unpaired) electrons. The van der Waals surface area contributed by atoms with Gasteiger partial charge in [-0.15, -0.1) is 12.4 Å². The SMILES string of the molecule is CCC(=O)c1cc(C(=O)Nc2cnc3c(c2)CN(C)CC3(C)C)ccc1OC.Cl. The molecule has 3 rings (SSSR count). The number of nitrogens with one attached hydrogen (secondary N) is 1. The number of ketones is 1. The molecule has 1 aromatic carbocycles. The minimum absolute atomic E-state index is 0. The number of halogens is 1. The van der Waals surface area contributed by atoms with Gasteiger partial charge in [-0.3, -0.25) is 14.6 Å². The van der Waals surface area contributed by atoms with E-state index >= 15 is 0 Å². The minimum Gasteiger partial charge on any atom is -0.496 e. The second-order valence-corrected chi connectivity index (χ2v) is 7.93. The molecule has 1 aromatic heterocycles. The van der Waals surface area contributed by atoms with E-state index in [0.717, 1.165) is 24.3 Å². The molecule has 1 N–H and O–H groups in total. The van der Waals surface area contributed by atoms with Crippen LogP contribution >= 0.6 is 12.4 Å². The van der Waals surface area contributed by atoms with E-state index < -0.39 is 0 Å². The van der Waals surface area contributed by atoms with Crippen LogP contribution in [0.5, 0.6) is 5.75 Å². The summed E-state index contributed by atoms with van der Waals surface area (Å²) in [7, 11) is 3.60. The molecule has 1 amide bonds. The van der Waals surface area contributed by atoms with Gasteiger partial charge in [-0.25, -0.2) is 0 Å². The highest BCUT2D eigenvalue weighted by Gasteiger charge is 2.31. The van der Waals surface area contributed by atoms with E-state index in [1.165, 1.54) is 7.11 Å². The van der Waals surface area contributed by atoms with Crippen molar-refractivity contribution in [2.75, 3.05) is 26.0 Å². The number of hydrogen-bond acceptors (Lipinski definition) is 5. The number of ether oxygens (including phenoxy) is 1. The molecule has 0 spiro atoms. The summed E-state index contributed by atoms with van der Waals surface area (Å²) in [6.45, 7) is 7.88. The molecule has 0 bridgehead atoms. The summed E-state index contributed by atoms with van der Waals surface area (Å²) in [6.07, 6.45) is 2.05. The van der Waals surface area contributed by atoms with Gasteiger partial charge in [0, 0.05) is 30.5 Å². The van der Waals surface area contributed by atoms with E-state index in [1.54, 1.807) is 31.3 Å². The van der Waals surface area contributed by atoms with E-state index in [9.17, 15) is 9.59 Å². The lowest BCUT2D eigenvalue weighted by Crippen LogP contribution is -2.40. The number of aromatic nitrogens is 1. The van der Waals surface area contributed by atoms with Gasteiger partial charge in [-0.05, 0) is 36.9 Å². The lowest BCUT2D eigenvalue weighted by Gasteiger charge is -2.37. The first-order valence-corrected chi connectivity index (χ1v) is 9.45. The van der Waals surface area contributed by atoms with E-state index in [0.29, 0.717) is 29.0 Å². The summed E-state index contributed by atoms with van der Waals surface area (Å²) in [5, 5.41) is 2.90. The molecule has 156 valence electrons. The average molecular weight is 418 g/mol. The number of pyridine rings is 1. The van der Waals surface area contributed by atoms with Crippen molar-refractivity contribution >= 4 is 29.8 Å². The summed E-state index contributed by atoms with van der Waals surface area (Å²) in [5.41, 5.74) is 3.64. The van der Waals surface area contributed by atoms with Crippen molar-refractivity contribution in [1.82, 2.24) is 9.88 Å². The number of benzene rings is 1. The summed E-state index contributed by atoms with van der Waals surface area (Å²) in [5.74, 6) is 0.134. The fraction of sp³-hybridized carbons (Fsp3) is 0.409. The number of carbonyl (C=O) groups is 2. The molecule has 6 nitrogen and oxygen atoms in total. The number of nitrogens with zero attached hydrogens (tertiary/aromatic N) is 2. The largest absolute Gasteiger partial charge is 0.496 e. The van der Waals surface area contributed by atoms with Gasteiger partial charge < -0.3 is 15.0 Å². The number of likely N-dealkylation sites (N-methyl/N-ethyl adjacent to an activating group) is 1. The van der Waals surface area contributed by atoms with Gasteiger partial charge in [0.2, 0.25) is 0 Å². The van der Waals surface area contributed by atoms with Gasteiger partial charge in [0.15, 0.2) is 5.78 Å². The highest BCUT2D eigenvalue weighted by atomic mass is 35.5. The highest BCUT2D eigenvalue weighted by Crippen LogP contribution is 2.32. The van der Waals surface area contributed by atoms with Gasteiger partial charge >= 0.3 is 0 Å². The van der Waals surface area contributed by atoms with Gasteiger partial charge in [-0.2, -0.15) is 0 Å². The molecule has 0 saturated carbocycles. The molecular weight excluding hydrogens is 390 g/mol. The van der Waals surface area contributed by atoms with Crippen LogP contribution < -0.4 is 10.1 Å². The molecule has 0 atom stereocenters. The zero-order chi connectivity index (χ0) is 20.5. The van der Waals surface area contributed by atoms with E-state index in [1.807, 2.05) is 6.07 Å². The zero-order valence-electron chi connectivity index (χ0n) is 17.5. The fourth-order valence-electron chi connectivity index (χ4n) is 3.87. The number of fused-ring (bicyclic) bond motifs is 1. The van der Waals surface area contributed by atoms with Crippen LogP contribution in [0.1, 0.15) is 59.2 Å². The first kappa shape index (κ1) is 22.8. The maximum Gasteiger partial charge on any atom is 0.255 e. The Labute approximate surface area is 178 Å². The Morgan fingerprint density at radius 3 is 2.66 bits per heavy atom. The summed E-state index contributed by atoms with van der Waals surface area (Å²) in [6, 6.07) is 6.88. The molecule has 2 heterocycles. The number of amides is 1. The standard InChI is InChI=1S/C22H27N3O3.ClH/c1-6-18(26)17-10-14(7-8-19(17)28-5)21(27)24-16-9-15-12-25(4)13-22(2,3)20(15)23-11-16;/h7-11H,6,12-13H2,1-5H3,(H,24,27);1H. The van der Waals surface area contributed by atoms with Crippen LogP contribution in [0.4, 0.5) is 5.69 Å². The lowest BCUT2D eigenvalue weighted by atomic mass is 9.82. The van der Waals surface area contributed by atoms with Crippen LogP contribution in [0, 0.1) is 0 Å². The Balaban J connectivity index is 0.00000300. The third-order valence-electron chi connectivity index (χ3n) is 5.05. The molecule has 0 saturated heterocycles. The highest BCUT2D eigenvalue weighted by molar-refractivity contribution is 6.07. The van der Waals surface area contributed by atoms with Crippen molar-refractivity contribution in [1.29, 1.82) is 0 Å². The lowest BCUT2D eigenvalue weighted by molar-refractivity contribution is 0.0985. The van der Waals surface area contributed by atoms with Crippen molar-refractivity contribution < 1.29 is 14.3 Å². The van der Waals surface area contributed by atoms with E-state index in [2.05, 4.69) is 36.1 Å². The van der Waals surface area contributed by atoms with Crippen molar-refractivity contribution in [2.45, 2.75) is 39.2 Å². The van der Waals surface area contributed by atoms with Crippen LogP contribution in [-0.2, 0) is 12.0 Å². The van der Waals surface area contributed by atoms with Crippen molar-refractivity contribution in [2.24, 2.45) is 0 Å². The number of carbonyl (C=O) groups excluding carboxylic acids is 2. The maximum absolute atomic E-state index is 12.7. The second-order valence-electron chi connectivity index (χ2n) is 7.93. The fourth-order valence-corrected chi connectivity index (χ4v) is 3.87. The van der Waals surface area contributed by atoms with Crippen molar-refractivity contribution in [3.05, 3.63) is 52.8 Å². The van der Waals surface area contributed by atoms with Crippen molar-refractivity contribution in [3.63, 3.8) is 0 Å². The molecule has 7 heteroatoms. The summed E-state index contributed by atoms with van der Waals surface area (Å²) >= 11 is 0. The maximum atomic E-state index is 12.7. The first-order valence-electron chi connectivity index (χ1n) is 9.45. The van der Waals surface area contributed by atoms with E-state index in [-0.39, 0.29) is 29.5 Å². The molecule has 1 aliphatic heterocycles. The van der Waals surface area contributed by atoms with Crippen molar-refractivity contribution in [3.8, 4) is 5.75 Å². The number of hydrogen-bond donors (Lipinski definition) is 1. The smallest absolute Gasteiger partial charge is 0.255 e. The Hall–Kier alpha value is -2.44. The van der Waals surface area contributed by atoms with Crippen LogP contribution in [0.25, 0.3) is 0 Å². The number of methoxy groups -OCH3 is 1. The Bertz CT molecular complexity index is 928. The Kier molecular flexibility index (Phi) is 7.03. The third kappa shape index (κ3) is 4.77. The first-order chi connectivity index (χ1) is 13.2. The van der Waals surface area contributed by atoms with Crippen LogP contribution in [-0.4, -0.2) is 42.3 Å². The van der Waals surface area contributed by atoms with Gasteiger partial charge in [0.1, 0.15) is 5.75 Å². The Morgan fingerprint density at radius 1 is 1.28 bits per heavy atom. The monoisotopic (exact) mass is 417 g/mol. The quantitative estimate of drug-likeness (QED) is 0.742. The normalized spacial score (nSPS) is 15.1. The summed E-state index contributed by atoms with van der Waals surface area (Å²) < 4.78 is 5.25. The molecule has 0 aliphatic carbocycles. The Morgan fingerprint density at radius 2 is 2.00 bits per heavy atom.